The predicted molar refractivity (Wildman–Crippen MR) is 89.1 cm³/mol. The molecule has 0 spiro atoms. The highest BCUT2D eigenvalue weighted by atomic mass is 16.2. The van der Waals surface area contributed by atoms with Gasteiger partial charge in [-0.2, -0.15) is 0 Å². The Kier molecular flexibility index (Phi) is 5.54. The Hall–Kier alpha value is -1.14. The molecular formula is C17H30N4O2. The Morgan fingerprint density at radius 3 is 2.17 bits per heavy atom. The van der Waals surface area contributed by atoms with Gasteiger partial charge in [0, 0.05) is 45.2 Å². The Bertz CT molecular complexity index is 430. The van der Waals surface area contributed by atoms with Crippen LogP contribution in [0.5, 0.6) is 0 Å². The lowest BCUT2D eigenvalue weighted by atomic mass is 9.84. The summed E-state index contributed by atoms with van der Waals surface area (Å²) in [5, 5.41) is 0. The molecule has 1 aliphatic carbocycles. The number of likely N-dealkylation sites (N-methyl/N-ethyl adjacent to an activating group) is 1. The SMILES string of the molecule is CN1CCCN(CC(=O)N2CCN(C(=O)C3CCC3)CC2)CC1. The maximum Gasteiger partial charge on any atom is 0.236 e. The van der Waals surface area contributed by atoms with Crippen molar-refractivity contribution in [2.75, 3.05) is 66.0 Å². The van der Waals surface area contributed by atoms with Gasteiger partial charge in [0.25, 0.3) is 0 Å². The molecule has 0 aromatic rings. The number of carbonyl (C=O) groups excluding carboxylic acids is 2. The van der Waals surface area contributed by atoms with Crippen LogP contribution in [0, 0.1) is 5.92 Å². The number of rotatable bonds is 3. The van der Waals surface area contributed by atoms with Crippen molar-refractivity contribution < 1.29 is 9.59 Å². The molecule has 0 N–H and O–H groups in total. The number of hydrogen-bond donors (Lipinski definition) is 0. The molecule has 0 bridgehead atoms. The predicted octanol–water partition coefficient (Wildman–Crippen LogP) is 0.0948. The van der Waals surface area contributed by atoms with Crippen LogP contribution in [0.1, 0.15) is 25.7 Å². The molecule has 3 aliphatic rings. The topological polar surface area (TPSA) is 47.1 Å². The highest BCUT2D eigenvalue weighted by molar-refractivity contribution is 5.81. The third-order valence-corrected chi connectivity index (χ3v) is 5.57. The van der Waals surface area contributed by atoms with Gasteiger partial charge in [0.1, 0.15) is 0 Å². The summed E-state index contributed by atoms with van der Waals surface area (Å²) in [6, 6.07) is 0. The third-order valence-electron chi connectivity index (χ3n) is 5.57. The fourth-order valence-electron chi connectivity index (χ4n) is 3.64. The molecule has 3 rings (SSSR count). The van der Waals surface area contributed by atoms with Gasteiger partial charge < -0.3 is 14.7 Å². The van der Waals surface area contributed by atoms with Crippen LogP contribution in [0.3, 0.4) is 0 Å². The van der Waals surface area contributed by atoms with Gasteiger partial charge >= 0.3 is 0 Å². The molecule has 6 heteroatoms. The Morgan fingerprint density at radius 2 is 1.52 bits per heavy atom. The van der Waals surface area contributed by atoms with Crippen molar-refractivity contribution in [2.24, 2.45) is 5.92 Å². The summed E-state index contributed by atoms with van der Waals surface area (Å²) in [5.41, 5.74) is 0. The first kappa shape index (κ1) is 16.7. The Labute approximate surface area is 139 Å². The van der Waals surface area contributed by atoms with Crippen LogP contribution in [0.4, 0.5) is 0 Å². The first-order valence-corrected chi connectivity index (χ1v) is 9.11. The van der Waals surface area contributed by atoms with Crippen molar-refractivity contribution in [2.45, 2.75) is 25.7 Å². The van der Waals surface area contributed by atoms with Gasteiger partial charge in [-0.1, -0.05) is 6.42 Å². The first-order chi connectivity index (χ1) is 11.1. The summed E-state index contributed by atoms with van der Waals surface area (Å²) in [6.45, 7) is 7.50. The molecule has 3 fully saturated rings. The quantitative estimate of drug-likeness (QED) is 0.739. The lowest BCUT2D eigenvalue weighted by molar-refractivity contribution is -0.144. The summed E-state index contributed by atoms with van der Waals surface area (Å²) in [4.78, 5) is 33.3. The van der Waals surface area contributed by atoms with E-state index in [9.17, 15) is 9.59 Å². The number of piperazine rings is 1. The molecule has 2 heterocycles. The number of nitrogens with zero attached hydrogens (tertiary/aromatic N) is 4. The van der Waals surface area contributed by atoms with Crippen LogP contribution in [0.25, 0.3) is 0 Å². The van der Waals surface area contributed by atoms with E-state index in [0.717, 1.165) is 45.4 Å². The zero-order valence-electron chi connectivity index (χ0n) is 14.4. The standard InChI is InChI=1S/C17H30N4O2/c1-18-6-3-7-19(9-8-18)14-16(22)20-10-12-21(13-11-20)17(23)15-4-2-5-15/h15H,2-14H2,1H3. The van der Waals surface area contributed by atoms with Crippen molar-refractivity contribution in [1.82, 2.24) is 19.6 Å². The van der Waals surface area contributed by atoms with E-state index in [0.29, 0.717) is 38.6 Å². The molecule has 23 heavy (non-hydrogen) atoms. The second-order valence-electron chi connectivity index (χ2n) is 7.27. The maximum absolute atomic E-state index is 12.5. The molecule has 0 radical (unpaired) electrons. The van der Waals surface area contributed by atoms with E-state index in [1.165, 1.54) is 6.42 Å². The van der Waals surface area contributed by atoms with Crippen LogP contribution < -0.4 is 0 Å². The van der Waals surface area contributed by atoms with Crippen molar-refractivity contribution in [3.8, 4) is 0 Å². The van der Waals surface area contributed by atoms with E-state index in [-0.39, 0.29) is 11.8 Å². The normalized spacial score (nSPS) is 25.1. The summed E-state index contributed by atoms with van der Waals surface area (Å²) in [6.07, 6.45) is 4.44. The van der Waals surface area contributed by atoms with Gasteiger partial charge in [0.15, 0.2) is 0 Å². The summed E-state index contributed by atoms with van der Waals surface area (Å²) in [5.74, 6) is 0.815. The van der Waals surface area contributed by atoms with Crippen LogP contribution in [0.15, 0.2) is 0 Å². The number of amides is 2. The summed E-state index contributed by atoms with van der Waals surface area (Å²) >= 11 is 0. The molecule has 2 aliphatic heterocycles. The Balaban J connectivity index is 1.41. The fraction of sp³-hybridized carbons (Fsp3) is 0.882. The molecule has 0 aromatic heterocycles. The zero-order valence-corrected chi connectivity index (χ0v) is 14.4. The molecular weight excluding hydrogens is 292 g/mol. The molecule has 6 nitrogen and oxygen atoms in total. The van der Waals surface area contributed by atoms with Gasteiger partial charge in [-0.3, -0.25) is 14.5 Å². The number of carbonyl (C=O) groups is 2. The summed E-state index contributed by atoms with van der Waals surface area (Å²) < 4.78 is 0. The van der Waals surface area contributed by atoms with Gasteiger partial charge in [-0.05, 0) is 39.4 Å². The average Bonchev–Trinajstić information content (AvgIpc) is 2.70. The van der Waals surface area contributed by atoms with Crippen molar-refractivity contribution in [3.05, 3.63) is 0 Å². The van der Waals surface area contributed by atoms with E-state index < -0.39 is 0 Å². The highest BCUT2D eigenvalue weighted by Gasteiger charge is 2.32. The van der Waals surface area contributed by atoms with Crippen molar-refractivity contribution >= 4 is 11.8 Å². The zero-order chi connectivity index (χ0) is 16.2. The van der Waals surface area contributed by atoms with E-state index in [1.54, 1.807) is 0 Å². The lowest BCUT2D eigenvalue weighted by Gasteiger charge is -2.38. The first-order valence-electron chi connectivity index (χ1n) is 9.11. The monoisotopic (exact) mass is 322 g/mol. The van der Waals surface area contributed by atoms with Crippen LogP contribution in [0.2, 0.25) is 0 Å². The molecule has 130 valence electrons. The van der Waals surface area contributed by atoms with Gasteiger partial charge in [-0.15, -0.1) is 0 Å². The van der Waals surface area contributed by atoms with E-state index in [2.05, 4.69) is 16.8 Å². The molecule has 0 unspecified atom stereocenters. The van der Waals surface area contributed by atoms with Crippen molar-refractivity contribution in [3.63, 3.8) is 0 Å². The summed E-state index contributed by atoms with van der Waals surface area (Å²) in [7, 11) is 2.14. The third kappa shape index (κ3) is 4.23. The van der Waals surface area contributed by atoms with E-state index >= 15 is 0 Å². The molecule has 1 saturated carbocycles. The van der Waals surface area contributed by atoms with Gasteiger partial charge in [0.2, 0.25) is 11.8 Å². The highest BCUT2D eigenvalue weighted by Crippen LogP contribution is 2.28. The molecule has 0 aromatic carbocycles. The Morgan fingerprint density at radius 1 is 0.826 bits per heavy atom. The van der Waals surface area contributed by atoms with Gasteiger partial charge in [-0.25, -0.2) is 0 Å². The smallest absolute Gasteiger partial charge is 0.236 e. The minimum atomic E-state index is 0.227. The molecule has 2 saturated heterocycles. The van der Waals surface area contributed by atoms with E-state index in [4.69, 9.17) is 0 Å². The minimum absolute atomic E-state index is 0.227. The fourth-order valence-corrected chi connectivity index (χ4v) is 3.64. The minimum Gasteiger partial charge on any atom is -0.339 e. The average molecular weight is 322 g/mol. The van der Waals surface area contributed by atoms with Crippen LogP contribution in [-0.2, 0) is 9.59 Å². The number of hydrogen-bond acceptors (Lipinski definition) is 4. The lowest BCUT2D eigenvalue weighted by Crippen LogP contribution is -2.54. The maximum atomic E-state index is 12.5. The van der Waals surface area contributed by atoms with E-state index in [1.807, 2.05) is 9.80 Å². The van der Waals surface area contributed by atoms with Crippen molar-refractivity contribution in [1.29, 1.82) is 0 Å². The molecule has 2 amide bonds. The van der Waals surface area contributed by atoms with Gasteiger partial charge in [0.05, 0.1) is 6.54 Å². The second-order valence-corrected chi connectivity index (χ2v) is 7.27. The second kappa shape index (κ2) is 7.62. The largest absolute Gasteiger partial charge is 0.339 e. The molecule has 0 atom stereocenters. The van der Waals surface area contributed by atoms with Crippen LogP contribution in [-0.4, -0.2) is 97.4 Å². The van der Waals surface area contributed by atoms with Crippen LogP contribution >= 0.6 is 0 Å².